The number of benzene rings is 2. The number of nitrogens with one attached hydrogen (secondary N) is 1. The summed E-state index contributed by atoms with van der Waals surface area (Å²) >= 11 is 0. The molecule has 0 spiro atoms. The monoisotopic (exact) mass is 275 g/mol. The van der Waals surface area contributed by atoms with Gasteiger partial charge in [0.05, 0.1) is 0 Å². The standard InChI is InChI=1S/C17H13N3O/c1-11-2-7-16-14(8-11)15(9-18-16)12-3-5-13(6-4-12)17-20-19-10-21-17/h2-10,18H,1H3. The molecule has 0 radical (unpaired) electrons. The molecule has 0 aliphatic rings. The SMILES string of the molecule is Cc1ccc2[nH]cc(-c3ccc(-c4nnco4)cc3)c2c1. The molecule has 0 atom stereocenters. The molecule has 0 aliphatic carbocycles. The molecule has 0 saturated carbocycles. The molecule has 4 nitrogen and oxygen atoms in total. The second-order valence-electron chi connectivity index (χ2n) is 5.07. The fraction of sp³-hybridized carbons (Fsp3) is 0.0588. The first-order chi connectivity index (χ1) is 10.3. The topological polar surface area (TPSA) is 54.7 Å². The summed E-state index contributed by atoms with van der Waals surface area (Å²) in [7, 11) is 0. The summed E-state index contributed by atoms with van der Waals surface area (Å²) in [6.45, 7) is 2.11. The van der Waals surface area contributed by atoms with Crippen molar-refractivity contribution in [3.8, 4) is 22.6 Å². The molecule has 2 heterocycles. The van der Waals surface area contributed by atoms with Gasteiger partial charge in [-0.3, -0.25) is 0 Å². The van der Waals surface area contributed by atoms with E-state index in [9.17, 15) is 0 Å². The maximum Gasteiger partial charge on any atom is 0.247 e. The third kappa shape index (κ3) is 2.01. The first-order valence-corrected chi connectivity index (χ1v) is 6.76. The number of rotatable bonds is 2. The fourth-order valence-electron chi connectivity index (χ4n) is 2.56. The highest BCUT2D eigenvalue weighted by Gasteiger charge is 2.08. The van der Waals surface area contributed by atoms with E-state index in [-0.39, 0.29) is 0 Å². The van der Waals surface area contributed by atoms with Crippen molar-refractivity contribution in [2.75, 3.05) is 0 Å². The predicted molar refractivity (Wildman–Crippen MR) is 81.8 cm³/mol. The molecule has 2 aromatic carbocycles. The van der Waals surface area contributed by atoms with Crippen LogP contribution < -0.4 is 0 Å². The number of aromatic nitrogens is 3. The van der Waals surface area contributed by atoms with E-state index in [0.717, 1.165) is 16.6 Å². The summed E-state index contributed by atoms with van der Waals surface area (Å²) in [5.41, 5.74) is 5.69. The Bertz CT molecular complexity index is 890. The second-order valence-corrected chi connectivity index (χ2v) is 5.07. The third-order valence-corrected chi connectivity index (χ3v) is 3.64. The van der Waals surface area contributed by atoms with Gasteiger partial charge in [-0.05, 0) is 36.8 Å². The Morgan fingerprint density at radius 3 is 2.57 bits per heavy atom. The largest absolute Gasteiger partial charge is 0.423 e. The Hall–Kier alpha value is -2.88. The number of aryl methyl sites for hydroxylation is 1. The highest BCUT2D eigenvalue weighted by molar-refractivity contribution is 5.96. The Morgan fingerprint density at radius 1 is 1.00 bits per heavy atom. The lowest BCUT2D eigenvalue weighted by atomic mass is 10.0. The van der Waals surface area contributed by atoms with Crippen LogP contribution in [0.25, 0.3) is 33.5 Å². The average molecular weight is 275 g/mol. The van der Waals surface area contributed by atoms with Crippen LogP contribution in [0.1, 0.15) is 5.56 Å². The molecule has 0 fully saturated rings. The van der Waals surface area contributed by atoms with Crippen LogP contribution in [0.3, 0.4) is 0 Å². The zero-order valence-corrected chi connectivity index (χ0v) is 11.5. The minimum atomic E-state index is 0.538. The van der Waals surface area contributed by atoms with Gasteiger partial charge in [0.2, 0.25) is 12.3 Å². The van der Waals surface area contributed by atoms with Crippen LogP contribution in [0.2, 0.25) is 0 Å². The van der Waals surface area contributed by atoms with Crippen molar-refractivity contribution in [1.29, 1.82) is 0 Å². The summed E-state index contributed by atoms with van der Waals surface area (Å²) in [4.78, 5) is 3.32. The maximum atomic E-state index is 5.21. The maximum absolute atomic E-state index is 5.21. The van der Waals surface area contributed by atoms with Crippen LogP contribution in [0.4, 0.5) is 0 Å². The Labute approximate surface area is 121 Å². The van der Waals surface area contributed by atoms with Crippen LogP contribution in [-0.4, -0.2) is 15.2 Å². The van der Waals surface area contributed by atoms with Crippen molar-refractivity contribution in [2.45, 2.75) is 6.92 Å². The molecule has 0 amide bonds. The van der Waals surface area contributed by atoms with Crippen molar-refractivity contribution in [1.82, 2.24) is 15.2 Å². The van der Waals surface area contributed by atoms with Gasteiger partial charge < -0.3 is 9.40 Å². The van der Waals surface area contributed by atoms with E-state index in [1.807, 2.05) is 18.3 Å². The van der Waals surface area contributed by atoms with E-state index in [1.165, 1.54) is 22.9 Å². The van der Waals surface area contributed by atoms with E-state index >= 15 is 0 Å². The summed E-state index contributed by atoms with van der Waals surface area (Å²) in [5.74, 6) is 0.538. The van der Waals surface area contributed by atoms with Gasteiger partial charge in [0.25, 0.3) is 0 Å². The van der Waals surface area contributed by atoms with E-state index in [4.69, 9.17) is 4.42 Å². The van der Waals surface area contributed by atoms with E-state index in [0.29, 0.717) is 5.89 Å². The molecule has 4 aromatic rings. The van der Waals surface area contributed by atoms with Gasteiger partial charge in [-0.25, -0.2) is 0 Å². The van der Waals surface area contributed by atoms with Gasteiger partial charge in [-0.1, -0.05) is 23.8 Å². The fourth-order valence-corrected chi connectivity index (χ4v) is 2.56. The molecular weight excluding hydrogens is 262 g/mol. The smallest absolute Gasteiger partial charge is 0.247 e. The van der Waals surface area contributed by atoms with Gasteiger partial charge in [-0.15, -0.1) is 10.2 Å². The molecule has 0 aliphatic heterocycles. The Balaban J connectivity index is 1.80. The first-order valence-electron chi connectivity index (χ1n) is 6.76. The molecule has 0 saturated heterocycles. The molecule has 4 heteroatoms. The molecule has 4 rings (SSSR count). The van der Waals surface area contributed by atoms with Crippen molar-refractivity contribution in [3.63, 3.8) is 0 Å². The minimum absolute atomic E-state index is 0.538. The van der Waals surface area contributed by atoms with Crippen LogP contribution in [0.5, 0.6) is 0 Å². The number of aromatic amines is 1. The normalized spacial score (nSPS) is 11.1. The van der Waals surface area contributed by atoms with Gasteiger partial charge in [0.1, 0.15) is 0 Å². The van der Waals surface area contributed by atoms with Gasteiger partial charge in [-0.2, -0.15) is 0 Å². The van der Waals surface area contributed by atoms with Crippen molar-refractivity contribution < 1.29 is 4.42 Å². The lowest BCUT2D eigenvalue weighted by molar-refractivity contribution is 0.568. The van der Waals surface area contributed by atoms with Crippen molar-refractivity contribution >= 4 is 10.9 Å². The Morgan fingerprint density at radius 2 is 1.81 bits per heavy atom. The zero-order chi connectivity index (χ0) is 14.2. The summed E-state index contributed by atoms with van der Waals surface area (Å²) < 4.78 is 5.21. The van der Waals surface area contributed by atoms with Crippen LogP contribution >= 0.6 is 0 Å². The number of H-pyrrole nitrogens is 1. The lowest BCUT2D eigenvalue weighted by Gasteiger charge is -2.02. The lowest BCUT2D eigenvalue weighted by Crippen LogP contribution is -1.80. The third-order valence-electron chi connectivity index (χ3n) is 3.64. The number of hydrogen-bond donors (Lipinski definition) is 1. The summed E-state index contributed by atoms with van der Waals surface area (Å²) in [5, 5.41) is 8.85. The molecule has 0 unspecified atom stereocenters. The number of fused-ring (bicyclic) bond motifs is 1. The Kier molecular flexibility index (Phi) is 2.60. The van der Waals surface area contributed by atoms with Crippen LogP contribution in [-0.2, 0) is 0 Å². The number of hydrogen-bond acceptors (Lipinski definition) is 3. The van der Waals surface area contributed by atoms with E-state index in [2.05, 4.69) is 52.4 Å². The molecule has 102 valence electrons. The van der Waals surface area contributed by atoms with Crippen LogP contribution in [0.15, 0.2) is 59.5 Å². The molecule has 21 heavy (non-hydrogen) atoms. The second kappa shape index (κ2) is 4.59. The molecule has 2 aromatic heterocycles. The molecular formula is C17H13N3O. The number of nitrogens with zero attached hydrogens (tertiary/aromatic N) is 2. The summed E-state index contributed by atoms with van der Waals surface area (Å²) in [6, 6.07) is 14.6. The van der Waals surface area contributed by atoms with Gasteiger partial charge in [0, 0.05) is 28.2 Å². The van der Waals surface area contributed by atoms with Crippen molar-refractivity contribution in [3.05, 3.63) is 60.6 Å². The molecule has 1 N–H and O–H groups in total. The highest BCUT2D eigenvalue weighted by atomic mass is 16.4. The van der Waals surface area contributed by atoms with E-state index in [1.54, 1.807) is 0 Å². The van der Waals surface area contributed by atoms with E-state index < -0.39 is 0 Å². The van der Waals surface area contributed by atoms with Crippen LogP contribution in [0, 0.1) is 6.92 Å². The predicted octanol–water partition coefficient (Wildman–Crippen LogP) is 4.19. The van der Waals surface area contributed by atoms with Crippen molar-refractivity contribution in [2.24, 2.45) is 0 Å². The zero-order valence-electron chi connectivity index (χ0n) is 11.5. The quantitative estimate of drug-likeness (QED) is 0.596. The first kappa shape index (κ1) is 11.9. The van der Waals surface area contributed by atoms with Gasteiger partial charge >= 0.3 is 0 Å². The minimum Gasteiger partial charge on any atom is -0.423 e. The average Bonchev–Trinajstić information content (AvgIpc) is 3.16. The molecule has 0 bridgehead atoms. The summed E-state index contributed by atoms with van der Waals surface area (Å²) in [6.07, 6.45) is 3.39. The van der Waals surface area contributed by atoms with Gasteiger partial charge in [0.15, 0.2) is 0 Å². The highest BCUT2D eigenvalue weighted by Crippen LogP contribution is 2.30.